The molecule has 1 aliphatic heterocycles. The highest BCUT2D eigenvalue weighted by Crippen LogP contribution is 2.31. The molecule has 0 aliphatic carbocycles. The molecule has 124 valence electrons. The minimum Gasteiger partial charge on any atom is -0.376 e. The molecule has 3 nitrogen and oxygen atoms in total. The number of benzene rings is 2. The molecule has 2 atom stereocenters. The Morgan fingerprint density at radius 3 is 2.67 bits per heavy atom. The van der Waals surface area contributed by atoms with Gasteiger partial charge in [0.15, 0.2) is 0 Å². The van der Waals surface area contributed by atoms with Crippen LogP contribution in [0.3, 0.4) is 0 Å². The van der Waals surface area contributed by atoms with Gasteiger partial charge in [-0.15, -0.1) is 0 Å². The summed E-state index contributed by atoms with van der Waals surface area (Å²) >= 11 is 0. The molecule has 3 aromatic rings. The maximum atomic E-state index is 5.90. The molecule has 1 fully saturated rings. The van der Waals surface area contributed by atoms with Crippen LogP contribution in [0.4, 0.5) is 0 Å². The average molecular weight is 320 g/mol. The molecule has 2 aromatic carbocycles. The van der Waals surface area contributed by atoms with E-state index >= 15 is 0 Å². The summed E-state index contributed by atoms with van der Waals surface area (Å²) in [5, 5.41) is 0. The fourth-order valence-corrected chi connectivity index (χ4v) is 3.80. The predicted molar refractivity (Wildman–Crippen MR) is 97.3 cm³/mol. The molecule has 4 rings (SSSR count). The third-order valence-electron chi connectivity index (χ3n) is 5.02. The van der Waals surface area contributed by atoms with Crippen molar-refractivity contribution < 1.29 is 4.74 Å². The zero-order chi connectivity index (χ0) is 16.4. The highest BCUT2D eigenvalue weighted by molar-refractivity contribution is 5.76. The van der Waals surface area contributed by atoms with Gasteiger partial charge in [-0.05, 0) is 37.0 Å². The summed E-state index contributed by atoms with van der Waals surface area (Å²) in [6.45, 7) is 4.04. The Bertz CT molecular complexity index is 803. The summed E-state index contributed by atoms with van der Waals surface area (Å²) in [7, 11) is 0. The van der Waals surface area contributed by atoms with Gasteiger partial charge in [0.1, 0.15) is 5.82 Å². The van der Waals surface area contributed by atoms with Crippen LogP contribution in [0.15, 0.2) is 54.6 Å². The summed E-state index contributed by atoms with van der Waals surface area (Å²) in [5.74, 6) is 1.49. The van der Waals surface area contributed by atoms with Gasteiger partial charge in [0.2, 0.25) is 0 Å². The van der Waals surface area contributed by atoms with E-state index in [1.165, 1.54) is 23.3 Å². The minimum absolute atomic E-state index is 0.314. The van der Waals surface area contributed by atoms with Crippen LogP contribution in [-0.4, -0.2) is 22.3 Å². The Labute approximate surface area is 143 Å². The first-order valence-electron chi connectivity index (χ1n) is 8.98. The minimum atomic E-state index is 0.314. The van der Waals surface area contributed by atoms with E-state index in [2.05, 4.69) is 66.1 Å². The van der Waals surface area contributed by atoms with Gasteiger partial charge >= 0.3 is 0 Å². The van der Waals surface area contributed by atoms with E-state index in [4.69, 9.17) is 9.72 Å². The van der Waals surface area contributed by atoms with E-state index in [9.17, 15) is 0 Å². The molecule has 1 saturated heterocycles. The molecular formula is C21H24N2O. The normalized spacial score (nSPS) is 19.0. The number of hydrogen-bond donors (Lipinski definition) is 0. The fourth-order valence-electron chi connectivity index (χ4n) is 3.80. The maximum absolute atomic E-state index is 5.90. The van der Waals surface area contributed by atoms with Gasteiger partial charge in [-0.2, -0.15) is 0 Å². The molecule has 0 bridgehead atoms. The van der Waals surface area contributed by atoms with Crippen LogP contribution in [0.1, 0.15) is 43.5 Å². The van der Waals surface area contributed by atoms with Gasteiger partial charge in [-0.25, -0.2) is 4.98 Å². The monoisotopic (exact) mass is 320 g/mol. The van der Waals surface area contributed by atoms with E-state index < -0.39 is 0 Å². The van der Waals surface area contributed by atoms with Gasteiger partial charge in [-0.1, -0.05) is 49.4 Å². The number of ether oxygens (including phenoxy) is 1. The largest absolute Gasteiger partial charge is 0.376 e. The van der Waals surface area contributed by atoms with Gasteiger partial charge in [0, 0.05) is 12.5 Å². The third kappa shape index (κ3) is 2.84. The summed E-state index contributed by atoms with van der Waals surface area (Å²) < 4.78 is 8.30. The van der Waals surface area contributed by atoms with Crippen LogP contribution in [0, 0.1) is 0 Å². The molecule has 0 saturated carbocycles. The summed E-state index contributed by atoms with van der Waals surface area (Å²) in [5.41, 5.74) is 3.64. The highest BCUT2D eigenvalue weighted by atomic mass is 16.5. The number of nitrogens with zero attached hydrogens (tertiary/aromatic N) is 2. The Hall–Kier alpha value is -2.13. The Balaban J connectivity index is 1.80. The lowest BCUT2D eigenvalue weighted by molar-refractivity contribution is 0.0970. The predicted octanol–water partition coefficient (Wildman–Crippen LogP) is 4.76. The number of para-hydroxylation sites is 2. The number of imidazole rings is 1. The zero-order valence-electron chi connectivity index (χ0n) is 14.2. The second kappa shape index (κ2) is 6.78. The summed E-state index contributed by atoms with van der Waals surface area (Å²) in [4.78, 5) is 5.01. The lowest BCUT2D eigenvalue weighted by Gasteiger charge is -2.20. The van der Waals surface area contributed by atoms with Crippen molar-refractivity contribution in [3.8, 4) is 0 Å². The molecular weight excluding hydrogens is 296 g/mol. The van der Waals surface area contributed by atoms with E-state index in [1.54, 1.807) is 0 Å². The topological polar surface area (TPSA) is 27.1 Å². The van der Waals surface area contributed by atoms with Gasteiger partial charge < -0.3 is 9.30 Å². The quantitative estimate of drug-likeness (QED) is 0.678. The van der Waals surface area contributed by atoms with E-state index in [-0.39, 0.29) is 0 Å². The van der Waals surface area contributed by atoms with Crippen LogP contribution >= 0.6 is 0 Å². The summed E-state index contributed by atoms with van der Waals surface area (Å²) in [6, 6.07) is 19.2. The van der Waals surface area contributed by atoms with Crippen molar-refractivity contribution in [2.75, 3.05) is 6.61 Å². The SMILES string of the molecule is CCC(c1ccccc1)c1nc2ccccc2n1CC1CCCO1. The zero-order valence-corrected chi connectivity index (χ0v) is 14.2. The van der Waals surface area contributed by atoms with Crippen molar-refractivity contribution >= 4 is 11.0 Å². The van der Waals surface area contributed by atoms with Crippen molar-refractivity contribution in [2.45, 2.75) is 44.8 Å². The molecule has 0 radical (unpaired) electrons. The van der Waals surface area contributed by atoms with Crippen LogP contribution in [0.5, 0.6) is 0 Å². The van der Waals surface area contributed by atoms with Crippen molar-refractivity contribution in [1.82, 2.24) is 9.55 Å². The first kappa shape index (κ1) is 15.4. The molecule has 0 amide bonds. The second-order valence-corrected chi connectivity index (χ2v) is 6.58. The molecule has 2 heterocycles. The lowest BCUT2D eigenvalue weighted by Crippen LogP contribution is -2.19. The number of rotatable bonds is 5. The van der Waals surface area contributed by atoms with E-state index in [0.29, 0.717) is 12.0 Å². The maximum Gasteiger partial charge on any atom is 0.117 e. The fraction of sp³-hybridized carbons (Fsp3) is 0.381. The van der Waals surface area contributed by atoms with Crippen molar-refractivity contribution in [3.05, 3.63) is 66.0 Å². The second-order valence-electron chi connectivity index (χ2n) is 6.58. The first-order valence-corrected chi connectivity index (χ1v) is 8.98. The van der Waals surface area contributed by atoms with Crippen LogP contribution in [0.25, 0.3) is 11.0 Å². The van der Waals surface area contributed by atoms with Crippen LogP contribution < -0.4 is 0 Å². The van der Waals surface area contributed by atoms with E-state index in [1.807, 2.05) is 0 Å². The lowest BCUT2D eigenvalue weighted by atomic mass is 9.95. The van der Waals surface area contributed by atoms with Gasteiger partial charge in [-0.3, -0.25) is 0 Å². The van der Waals surface area contributed by atoms with Crippen LogP contribution in [-0.2, 0) is 11.3 Å². The molecule has 0 N–H and O–H groups in total. The highest BCUT2D eigenvalue weighted by Gasteiger charge is 2.24. The number of hydrogen-bond acceptors (Lipinski definition) is 2. The van der Waals surface area contributed by atoms with Crippen LogP contribution in [0.2, 0.25) is 0 Å². The first-order chi connectivity index (χ1) is 11.9. The van der Waals surface area contributed by atoms with Crippen molar-refractivity contribution in [3.63, 3.8) is 0 Å². The molecule has 1 aliphatic rings. The smallest absolute Gasteiger partial charge is 0.117 e. The standard InChI is InChI=1S/C21H24N2O/c1-2-18(16-9-4-3-5-10-16)21-22-19-12-6-7-13-20(19)23(21)15-17-11-8-14-24-17/h3-7,9-10,12-13,17-18H,2,8,11,14-15H2,1H3. The van der Waals surface area contributed by atoms with Gasteiger partial charge in [0.05, 0.1) is 23.7 Å². The Kier molecular flexibility index (Phi) is 4.35. The third-order valence-corrected chi connectivity index (χ3v) is 5.02. The van der Waals surface area contributed by atoms with Gasteiger partial charge in [0.25, 0.3) is 0 Å². The Morgan fingerprint density at radius 1 is 1.12 bits per heavy atom. The Morgan fingerprint density at radius 2 is 1.92 bits per heavy atom. The molecule has 1 aromatic heterocycles. The molecule has 0 spiro atoms. The van der Waals surface area contributed by atoms with Crippen molar-refractivity contribution in [1.29, 1.82) is 0 Å². The number of aromatic nitrogens is 2. The van der Waals surface area contributed by atoms with E-state index in [0.717, 1.165) is 31.5 Å². The van der Waals surface area contributed by atoms with Crippen molar-refractivity contribution in [2.24, 2.45) is 0 Å². The molecule has 2 unspecified atom stereocenters. The molecule has 24 heavy (non-hydrogen) atoms. The average Bonchev–Trinajstić information content (AvgIpc) is 3.26. The number of fused-ring (bicyclic) bond motifs is 1. The summed E-state index contributed by atoms with van der Waals surface area (Å²) in [6.07, 6.45) is 3.67. The molecule has 3 heteroatoms.